The third-order valence-corrected chi connectivity index (χ3v) is 4.67. The van der Waals surface area contributed by atoms with Gasteiger partial charge in [-0.05, 0) is 47.7 Å². The highest BCUT2D eigenvalue weighted by Crippen LogP contribution is 2.30. The summed E-state index contributed by atoms with van der Waals surface area (Å²) in [5.41, 5.74) is 5.00. The Labute approximate surface area is 154 Å². The molecule has 0 spiro atoms. The molecule has 0 radical (unpaired) electrons. The van der Waals surface area contributed by atoms with E-state index in [9.17, 15) is 4.79 Å². The van der Waals surface area contributed by atoms with Crippen molar-refractivity contribution in [3.63, 3.8) is 0 Å². The molecule has 1 aromatic heterocycles. The summed E-state index contributed by atoms with van der Waals surface area (Å²) in [5.74, 6) is 0.768. The maximum absolute atomic E-state index is 12.8. The molecule has 1 amide bonds. The Bertz CT molecular complexity index is 948. The van der Waals surface area contributed by atoms with E-state index in [0.29, 0.717) is 6.42 Å². The number of hydrogen-bond donors (Lipinski definition) is 2. The van der Waals surface area contributed by atoms with Crippen LogP contribution in [0.15, 0.2) is 42.5 Å². The lowest BCUT2D eigenvalue weighted by molar-refractivity contribution is -0.115. The summed E-state index contributed by atoms with van der Waals surface area (Å²) in [4.78, 5) is 16.1. The fourth-order valence-corrected chi connectivity index (χ4v) is 3.32. The van der Waals surface area contributed by atoms with Gasteiger partial charge in [0.05, 0.1) is 13.5 Å². The number of benzene rings is 2. The lowest BCUT2D eigenvalue weighted by Gasteiger charge is -2.23. The van der Waals surface area contributed by atoms with Crippen LogP contribution in [0.1, 0.15) is 37.6 Å². The summed E-state index contributed by atoms with van der Waals surface area (Å²) in [6.45, 7) is 8.44. The number of carbonyl (C=O) groups excluding carboxylic acids is 1. The zero-order valence-corrected chi connectivity index (χ0v) is 16.1. The number of fused-ring (bicyclic) bond motifs is 1. The number of aromatic amines is 1. The Hall–Kier alpha value is -2.75. The van der Waals surface area contributed by atoms with Gasteiger partial charge in [-0.3, -0.25) is 4.79 Å². The normalized spacial score (nSPS) is 11.6. The molecule has 0 atom stereocenters. The van der Waals surface area contributed by atoms with E-state index >= 15 is 0 Å². The molecule has 0 aliphatic rings. The number of aryl methyl sites for hydroxylation is 1. The second kappa shape index (κ2) is 6.87. The molecule has 0 saturated heterocycles. The highest BCUT2D eigenvalue weighted by atomic mass is 16.5. The Morgan fingerprint density at radius 1 is 1.15 bits per heavy atom. The maximum atomic E-state index is 12.8. The number of hydrogen-bond acceptors (Lipinski definition) is 2. The van der Waals surface area contributed by atoms with Crippen molar-refractivity contribution in [3.8, 4) is 5.75 Å². The van der Waals surface area contributed by atoms with Crippen LogP contribution >= 0.6 is 0 Å². The van der Waals surface area contributed by atoms with Crippen molar-refractivity contribution in [2.24, 2.45) is 0 Å². The first-order valence-corrected chi connectivity index (χ1v) is 8.84. The standard InChI is InChI=1S/C22H26N2O2/c1-14-16(17-12-15(26-5)10-11-19(17)23-14)13-21(25)24-20-9-7-6-8-18(20)22(2,3)4/h6-12,23H,13H2,1-5H3,(H,24,25). The Morgan fingerprint density at radius 2 is 1.88 bits per heavy atom. The molecule has 1 heterocycles. The molecular weight excluding hydrogens is 324 g/mol. The van der Waals surface area contributed by atoms with Gasteiger partial charge in [-0.1, -0.05) is 39.0 Å². The van der Waals surface area contributed by atoms with E-state index in [1.54, 1.807) is 7.11 Å². The molecule has 0 saturated carbocycles. The van der Waals surface area contributed by atoms with E-state index in [0.717, 1.165) is 39.2 Å². The monoisotopic (exact) mass is 350 g/mol. The molecule has 26 heavy (non-hydrogen) atoms. The van der Waals surface area contributed by atoms with Crippen LogP contribution in [0, 0.1) is 6.92 Å². The zero-order chi connectivity index (χ0) is 18.9. The third kappa shape index (κ3) is 3.59. The number of methoxy groups -OCH3 is 1. The summed E-state index contributed by atoms with van der Waals surface area (Å²) < 4.78 is 5.33. The number of nitrogens with one attached hydrogen (secondary N) is 2. The van der Waals surface area contributed by atoms with E-state index in [1.165, 1.54) is 0 Å². The lowest BCUT2D eigenvalue weighted by atomic mass is 9.86. The van der Waals surface area contributed by atoms with Gasteiger partial charge in [0, 0.05) is 22.3 Å². The molecular formula is C22H26N2O2. The van der Waals surface area contributed by atoms with E-state index < -0.39 is 0 Å². The number of anilines is 1. The molecule has 0 aliphatic carbocycles. The molecule has 2 N–H and O–H groups in total. The topological polar surface area (TPSA) is 54.1 Å². The van der Waals surface area contributed by atoms with Crippen LogP contribution in [0.2, 0.25) is 0 Å². The van der Waals surface area contributed by atoms with E-state index in [1.807, 2.05) is 43.3 Å². The van der Waals surface area contributed by atoms with Crippen LogP contribution in [0.3, 0.4) is 0 Å². The van der Waals surface area contributed by atoms with Crippen LogP contribution in [-0.2, 0) is 16.6 Å². The molecule has 0 aliphatic heterocycles. The first kappa shape index (κ1) is 18.1. The van der Waals surface area contributed by atoms with E-state index in [-0.39, 0.29) is 11.3 Å². The summed E-state index contributed by atoms with van der Waals surface area (Å²) in [6, 6.07) is 13.9. The molecule has 4 nitrogen and oxygen atoms in total. The predicted molar refractivity (Wildman–Crippen MR) is 107 cm³/mol. The van der Waals surface area contributed by atoms with E-state index in [2.05, 4.69) is 37.1 Å². The van der Waals surface area contributed by atoms with Gasteiger partial charge >= 0.3 is 0 Å². The highest BCUT2D eigenvalue weighted by molar-refractivity contribution is 5.97. The van der Waals surface area contributed by atoms with Gasteiger partial charge < -0.3 is 15.0 Å². The van der Waals surface area contributed by atoms with Crippen molar-refractivity contribution in [2.75, 3.05) is 12.4 Å². The number of para-hydroxylation sites is 1. The largest absolute Gasteiger partial charge is 0.497 e. The van der Waals surface area contributed by atoms with Crippen LogP contribution < -0.4 is 10.1 Å². The number of carbonyl (C=O) groups is 1. The van der Waals surface area contributed by atoms with Crippen molar-refractivity contribution in [1.82, 2.24) is 4.98 Å². The highest BCUT2D eigenvalue weighted by Gasteiger charge is 2.19. The summed E-state index contributed by atoms with van der Waals surface area (Å²) in [7, 11) is 1.65. The summed E-state index contributed by atoms with van der Waals surface area (Å²) in [5, 5.41) is 4.12. The predicted octanol–water partition coefficient (Wildman–Crippen LogP) is 4.96. The van der Waals surface area contributed by atoms with Crippen LogP contribution in [0.4, 0.5) is 5.69 Å². The minimum atomic E-state index is -0.0338. The molecule has 136 valence electrons. The average Bonchev–Trinajstić information content (AvgIpc) is 2.89. The van der Waals surface area contributed by atoms with Gasteiger partial charge in [-0.25, -0.2) is 0 Å². The molecule has 3 rings (SSSR count). The summed E-state index contributed by atoms with van der Waals surface area (Å²) in [6.07, 6.45) is 0.317. The first-order valence-electron chi connectivity index (χ1n) is 8.84. The molecule has 4 heteroatoms. The van der Waals surface area contributed by atoms with Crippen molar-refractivity contribution < 1.29 is 9.53 Å². The number of H-pyrrole nitrogens is 1. The smallest absolute Gasteiger partial charge is 0.228 e. The van der Waals surface area contributed by atoms with Crippen molar-refractivity contribution in [1.29, 1.82) is 0 Å². The number of ether oxygens (including phenoxy) is 1. The molecule has 2 aromatic carbocycles. The maximum Gasteiger partial charge on any atom is 0.228 e. The van der Waals surface area contributed by atoms with Gasteiger partial charge in [0.2, 0.25) is 5.91 Å². The fraction of sp³-hybridized carbons (Fsp3) is 0.318. The number of aromatic nitrogens is 1. The Kier molecular flexibility index (Phi) is 4.77. The minimum Gasteiger partial charge on any atom is -0.497 e. The summed E-state index contributed by atoms with van der Waals surface area (Å²) >= 11 is 0. The lowest BCUT2D eigenvalue weighted by Crippen LogP contribution is -2.20. The van der Waals surface area contributed by atoms with Gasteiger partial charge in [-0.2, -0.15) is 0 Å². The second-order valence-corrected chi connectivity index (χ2v) is 7.66. The molecule has 0 fully saturated rings. The molecule has 0 bridgehead atoms. The fourth-order valence-electron chi connectivity index (χ4n) is 3.32. The van der Waals surface area contributed by atoms with Gasteiger partial charge in [0.1, 0.15) is 5.75 Å². The molecule has 3 aromatic rings. The van der Waals surface area contributed by atoms with Crippen LogP contribution in [0.5, 0.6) is 5.75 Å². The first-order chi connectivity index (χ1) is 12.3. The van der Waals surface area contributed by atoms with E-state index in [4.69, 9.17) is 4.74 Å². The third-order valence-electron chi connectivity index (χ3n) is 4.67. The zero-order valence-electron chi connectivity index (χ0n) is 16.1. The van der Waals surface area contributed by atoms with Crippen molar-refractivity contribution >= 4 is 22.5 Å². The minimum absolute atomic E-state index is 0.0199. The average molecular weight is 350 g/mol. The Morgan fingerprint density at radius 3 is 2.58 bits per heavy atom. The van der Waals surface area contributed by atoms with Gasteiger partial charge in [0.25, 0.3) is 0 Å². The van der Waals surface area contributed by atoms with Gasteiger partial charge in [-0.15, -0.1) is 0 Å². The number of amides is 1. The number of rotatable bonds is 4. The molecule has 0 unspecified atom stereocenters. The van der Waals surface area contributed by atoms with Gasteiger partial charge in [0.15, 0.2) is 0 Å². The van der Waals surface area contributed by atoms with Crippen molar-refractivity contribution in [3.05, 3.63) is 59.3 Å². The Balaban J connectivity index is 1.88. The van der Waals surface area contributed by atoms with Crippen LogP contribution in [0.25, 0.3) is 10.9 Å². The van der Waals surface area contributed by atoms with Crippen LogP contribution in [-0.4, -0.2) is 18.0 Å². The van der Waals surface area contributed by atoms with Crippen molar-refractivity contribution in [2.45, 2.75) is 39.5 Å². The SMILES string of the molecule is COc1ccc2[nH]c(C)c(CC(=O)Nc3ccccc3C(C)(C)C)c2c1. The quantitative estimate of drug-likeness (QED) is 0.698. The second-order valence-electron chi connectivity index (χ2n) is 7.66.